The molecule has 0 amide bonds. The summed E-state index contributed by atoms with van der Waals surface area (Å²) in [5, 5.41) is 22.2. The van der Waals surface area contributed by atoms with Gasteiger partial charge in [-0.3, -0.25) is 4.79 Å². The fourth-order valence-corrected chi connectivity index (χ4v) is 3.76. The predicted molar refractivity (Wildman–Crippen MR) is 96.5 cm³/mol. The number of aliphatic hydroxyl groups is 1. The van der Waals surface area contributed by atoms with Crippen molar-refractivity contribution < 1.29 is 38.7 Å². The van der Waals surface area contributed by atoms with Gasteiger partial charge in [-0.15, -0.1) is 0 Å². The molecule has 3 atom stereocenters. The number of ketones is 1. The van der Waals surface area contributed by atoms with Crippen LogP contribution in [0.25, 0.3) is 0 Å². The highest BCUT2D eigenvalue weighted by Gasteiger charge is 2.61. The van der Waals surface area contributed by atoms with Gasteiger partial charge < -0.3 is 33.9 Å². The molecule has 28 heavy (non-hydrogen) atoms. The molecule has 0 fully saturated rings. The Kier molecular flexibility index (Phi) is 4.13. The van der Waals surface area contributed by atoms with Gasteiger partial charge >= 0.3 is 0 Å². The van der Waals surface area contributed by atoms with Crippen LogP contribution in [0.15, 0.2) is 24.3 Å². The van der Waals surface area contributed by atoms with E-state index in [-0.39, 0.29) is 28.4 Å². The predicted octanol–water partition coefficient (Wildman–Crippen LogP) is 1.91. The monoisotopic (exact) mass is 388 g/mol. The van der Waals surface area contributed by atoms with Crippen LogP contribution < -0.4 is 18.9 Å². The Labute approximate surface area is 161 Å². The zero-order chi connectivity index (χ0) is 20.2. The molecule has 4 rings (SSSR count). The van der Waals surface area contributed by atoms with E-state index in [9.17, 15) is 15.0 Å². The molecular formula is C20H20O8. The highest BCUT2D eigenvalue weighted by molar-refractivity contribution is 6.09. The van der Waals surface area contributed by atoms with Crippen LogP contribution in [-0.2, 0) is 10.3 Å². The van der Waals surface area contributed by atoms with Gasteiger partial charge in [-0.2, -0.15) is 0 Å². The van der Waals surface area contributed by atoms with Crippen LogP contribution in [0.4, 0.5) is 0 Å². The van der Waals surface area contributed by atoms with Crippen molar-refractivity contribution in [2.75, 3.05) is 21.3 Å². The summed E-state index contributed by atoms with van der Waals surface area (Å²) in [4.78, 5) is 13.5. The van der Waals surface area contributed by atoms with Crippen LogP contribution in [0.5, 0.6) is 28.7 Å². The van der Waals surface area contributed by atoms with E-state index in [1.807, 2.05) is 0 Å². The van der Waals surface area contributed by atoms with E-state index in [0.717, 1.165) is 0 Å². The first kappa shape index (κ1) is 18.4. The first-order valence-corrected chi connectivity index (χ1v) is 8.59. The zero-order valence-corrected chi connectivity index (χ0v) is 15.8. The van der Waals surface area contributed by atoms with E-state index in [1.54, 1.807) is 25.1 Å². The molecule has 0 aliphatic carbocycles. The molecule has 2 aromatic rings. The molecule has 0 saturated heterocycles. The van der Waals surface area contributed by atoms with Gasteiger partial charge in [0.05, 0.1) is 14.2 Å². The number of ether oxygens (including phenoxy) is 5. The summed E-state index contributed by atoms with van der Waals surface area (Å²) in [6.07, 6.45) is -2.30. The minimum atomic E-state index is -2.14. The molecule has 0 saturated carbocycles. The number of fused-ring (bicyclic) bond motifs is 4. The molecule has 2 N–H and O–H groups in total. The van der Waals surface area contributed by atoms with Crippen molar-refractivity contribution in [3.63, 3.8) is 0 Å². The van der Waals surface area contributed by atoms with Crippen molar-refractivity contribution in [1.82, 2.24) is 0 Å². The maximum absolute atomic E-state index is 13.5. The minimum absolute atomic E-state index is 0.0802. The van der Waals surface area contributed by atoms with Crippen molar-refractivity contribution in [3.8, 4) is 28.7 Å². The van der Waals surface area contributed by atoms with E-state index in [0.29, 0.717) is 17.1 Å². The third-order valence-electron chi connectivity index (χ3n) is 5.25. The quantitative estimate of drug-likeness (QED) is 0.822. The van der Waals surface area contributed by atoms with E-state index >= 15 is 0 Å². The average Bonchev–Trinajstić information content (AvgIpc) is 2.70. The second-order valence-electron chi connectivity index (χ2n) is 6.62. The number of aromatic hydroxyl groups is 1. The first-order chi connectivity index (χ1) is 13.4. The minimum Gasteiger partial charge on any atom is -0.507 e. The summed E-state index contributed by atoms with van der Waals surface area (Å²) in [5.74, 6) is -0.0854. The van der Waals surface area contributed by atoms with Gasteiger partial charge in [0.1, 0.15) is 22.8 Å². The molecule has 0 bridgehead atoms. The molecule has 8 heteroatoms. The summed E-state index contributed by atoms with van der Waals surface area (Å²) < 4.78 is 27.6. The third kappa shape index (κ3) is 2.22. The van der Waals surface area contributed by atoms with Crippen LogP contribution in [0.2, 0.25) is 0 Å². The van der Waals surface area contributed by atoms with Crippen LogP contribution in [0.1, 0.15) is 21.5 Å². The molecule has 2 aliphatic rings. The molecule has 2 heterocycles. The lowest BCUT2D eigenvalue weighted by Crippen LogP contribution is -2.62. The van der Waals surface area contributed by atoms with E-state index in [4.69, 9.17) is 23.7 Å². The zero-order valence-electron chi connectivity index (χ0n) is 15.8. The van der Waals surface area contributed by atoms with Crippen molar-refractivity contribution in [3.05, 3.63) is 41.0 Å². The third-order valence-corrected chi connectivity index (χ3v) is 5.25. The van der Waals surface area contributed by atoms with Crippen molar-refractivity contribution in [2.24, 2.45) is 0 Å². The second-order valence-corrected chi connectivity index (χ2v) is 6.62. The van der Waals surface area contributed by atoms with Gasteiger partial charge in [0.15, 0.2) is 17.1 Å². The number of carbonyl (C=O) groups excluding carboxylic acids is 1. The van der Waals surface area contributed by atoms with Crippen molar-refractivity contribution >= 4 is 5.78 Å². The molecule has 148 valence electrons. The first-order valence-electron chi connectivity index (χ1n) is 8.59. The van der Waals surface area contributed by atoms with Crippen molar-refractivity contribution in [2.45, 2.75) is 24.9 Å². The number of Topliss-reactive ketones (excluding diaryl/α,β-unsaturated/α-hetero) is 1. The Morgan fingerprint density at radius 3 is 2.46 bits per heavy atom. The van der Waals surface area contributed by atoms with Crippen LogP contribution in [-0.4, -0.2) is 49.7 Å². The number of benzene rings is 2. The Hall–Kier alpha value is -2.97. The van der Waals surface area contributed by atoms with E-state index < -0.39 is 23.8 Å². The number of methoxy groups -OCH3 is 3. The highest BCUT2D eigenvalue weighted by Crippen LogP contribution is 2.53. The SMILES string of the molecule is COc1cc2c(c(O)c1C)C(=O)[C@@]1(O)c3cccc(OC)c3O[C@@H](OC)[C@@H]1O2. The Bertz CT molecular complexity index is 969. The molecule has 2 aliphatic heterocycles. The lowest BCUT2D eigenvalue weighted by Gasteiger charge is -2.46. The normalized spacial score (nSPS) is 25.0. The van der Waals surface area contributed by atoms with Gasteiger partial charge in [0, 0.05) is 24.3 Å². The van der Waals surface area contributed by atoms with Gasteiger partial charge in [-0.25, -0.2) is 0 Å². The number of carbonyl (C=O) groups is 1. The molecule has 0 radical (unpaired) electrons. The fourth-order valence-electron chi connectivity index (χ4n) is 3.76. The number of phenols is 1. The molecule has 2 aromatic carbocycles. The van der Waals surface area contributed by atoms with Crippen LogP contribution >= 0.6 is 0 Å². The molecular weight excluding hydrogens is 368 g/mol. The lowest BCUT2D eigenvalue weighted by atomic mass is 9.76. The average molecular weight is 388 g/mol. The standard InChI is InChI=1S/C20H20O8/c1-9-12(25-3)8-13-14(15(9)21)17(22)20(23)10-6-5-7-11(24-2)16(10)28-19(26-4)18(20)27-13/h5-8,18-19,21,23H,1-4H3/t18-,19+,20-/m0/s1. The van der Waals surface area contributed by atoms with Gasteiger partial charge in [0.2, 0.25) is 18.2 Å². The number of hydrogen-bond acceptors (Lipinski definition) is 8. The van der Waals surface area contributed by atoms with Crippen LogP contribution in [0, 0.1) is 6.92 Å². The topological polar surface area (TPSA) is 104 Å². The van der Waals surface area contributed by atoms with Crippen molar-refractivity contribution in [1.29, 1.82) is 0 Å². The molecule has 0 aromatic heterocycles. The Balaban J connectivity index is 1.99. The Morgan fingerprint density at radius 2 is 1.82 bits per heavy atom. The number of rotatable bonds is 3. The summed E-state index contributed by atoms with van der Waals surface area (Å²) >= 11 is 0. The lowest BCUT2D eigenvalue weighted by molar-refractivity contribution is -0.192. The summed E-state index contributed by atoms with van der Waals surface area (Å²) in [5.41, 5.74) is -1.73. The summed E-state index contributed by atoms with van der Waals surface area (Å²) in [7, 11) is 4.27. The van der Waals surface area contributed by atoms with Crippen LogP contribution in [0.3, 0.4) is 0 Å². The van der Waals surface area contributed by atoms with Gasteiger partial charge in [0.25, 0.3) is 0 Å². The van der Waals surface area contributed by atoms with E-state index in [2.05, 4.69) is 0 Å². The maximum atomic E-state index is 13.5. The maximum Gasteiger partial charge on any atom is 0.240 e. The highest BCUT2D eigenvalue weighted by atomic mass is 16.7. The van der Waals surface area contributed by atoms with Gasteiger partial charge in [-0.05, 0) is 13.0 Å². The largest absolute Gasteiger partial charge is 0.507 e. The number of phenolic OH excluding ortho intramolecular Hbond substituents is 1. The summed E-state index contributed by atoms with van der Waals surface area (Å²) in [6.45, 7) is 1.61. The molecule has 0 spiro atoms. The number of hydrogen-bond donors (Lipinski definition) is 2. The molecule has 8 nitrogen and oxygen atoms in total. The van der Waals surface area contributed by atoms with E-state index in [1.165, 1.54) is 27.4 Å². The van der Waals surface area contributed by atoms with Gasteiger partial charge in [-0.1, -0.05) is 12.1 Å². The molecule has 0 unspecified atom stereocenters. The second kappa shape index (κ2) is 6.29. The Morgan fingerprint density at radius 1 is 1.11 bits per heavy atom. The fraction of sp³-hybridized carbons (Fsp3) is 0.350. The number of para-hydroxylation sites is 1. The summed E-state index contributed by atoms with van der Waals surface area (Å²) in [6, 6.07) is 6.32. The smallest absolute Gasteiger partial charge is 0.240 e.